The topological polar surface area (TPSA) is 106 Å². The monoisotopic (exact) mass is 449 g/mol. The van der Waals surface area contributed by atoms with E-state index < -0.39 is 0 Å². The molecule has 1 saturated heterocycles. The molecule has 0 atom stereocenters. The van der Waals surface area contributed by atoms with E-state index in [1.807, 2.05) is 29.7 Å². The number of fused-ring (bicyclic) bond motifs is 6. The van der Waals surface area contributed by atoms with Crippen LogP contribution in [0.1, 0.15) is 24.5 Å². The van der Waals surface area contributed by atoms with Gasteiger partial charge in [-0.05, 0) is 43.5 Å². The molecule has 0 aromatic carbocycles. The fourth-order valence-electron chi connectivity index (χ4n) is 3.44. The van der Waals surface area contributed by atoms with E-state index >= 15 is 0 Å². The van der Waals surface area contributed by atoms with Crippen molar-refractivity contribution in [2.24, 2.45) is 0 Å². The number of nitrogens with one attached hydrogen (secondary N) is 4. The van der Waals surface area contributed by atoms with Crippen molar-refractivity contribution in [1.82, 2.24) is 20.1 Å². The summed E-state index contributed by atoms with van der Waals surface area (Å²) in [5.41, 5.74) is 8.09. The van der Waals surface area contributed by atoms with Crippen LogP contribution in [-0.4, -0.2) is 35.3 Å². The third kappa shape index (κ3) is 5.37. The predicted molar refractivity (Wildman–Crippen MR) is 132 cm³/mol. The molecule has 1 fully saturated rings. The number of nitrogens with zero attached hydrogens (tertiary/aromatic N) is 3. The molecule has 4 bridgehead atoms. The van der Waals surface area contributed by atoms with Gasteiger partial charge in [0.05, 0.1) is 6.54 Å². The van der Waals surface area contributed by atoms with Gasteiger partial charge in [0.15, 0.2) is 5.82 Å². The third-order valence-electron chi connectivity index (χ3n) is 5.15. The number of hydrazine groups is 1. The highest BCUT2D eigenvalue weighted by Gasteiger charge is 2.23. The fraction of sp³-hybridized carbons (Fsp3) is 0.261. The third-order valence-corrected chi connectivity index (χ3v) is 6.11. The van der Waals surface area contributed by atoms with E-state index in [2.05, 4.69) is 46.1 Å². The van der Waals surface area contributed by atoms with Crippen LogP contribution in [0.2, 0.25) is 0 Å². The maximum absolute atomic E-state index is 7.56. The molecule has 0 radical (unpaired) electrons. The van der Waals surface area contributed by atoms with Crippen LogP contribution < -0.4 is 25.8 Å². The molecule has 0 saturated carbocycles. The van der Waals surface area contributed by atoms with Gasteiger partial charge < -0.3 is 15.4 Å². The number of rotatable bonds is 3. The zero-order valence-corrected chi connectivity index (χ0v) is 19.2. The highest BCUT2D eigenvalue weighted by Crippen LogP contribution is 2.29. The van der Waals surface area contributed by atoms with Crippen LogP contribution in [0.15, 0.2) is 59.8 Å². The van der Waals surface area contributed by atoms with Gasteiger partial charge in [0.2, 0.25) is 5.82 Å². The minimum Gasteiger partial charge on any atom is -0.370 e. The van der Waals surface area contributed by atoms with Crippen molar-refractivity contribution in [3.05, 3.63) is 65.9 Å². The Kier molecular flexibility index (Phi) is 6.89. The van der Waals surface area contributed by atoms with E-state index in [0.29, 0.717) is 5.71 Å². The van der Waals surface area contributed by atoms with Gasteiger partial charge in [-0.3, -0.25) is 10.3 Å². The Hall–Kier alpha value is -3.14. The molecule has 9 heteroatoms. The summed E-state index contributed by atoms with van der Waals surface area (Å²) in [5.74, 6) is 2.53. The number of anilines is 2. The number of aryl methyl sites for hydroxylation is 1. The van der Waals surface area contributed by atoms with Gasteiger partial charge in [-0.2, -0.15) is 4.98 Å². The molecule has 166 valence electrons. The van der Waals surface area contributed by atoms with Crippen LogP contribution in [0.4, 0.5) is 17.5 Å². The standard InChI is InChI=1S/C23H28N8S/c1-15-6-8-21-25-11-4-5-18-13-27-31(14-18)22-19(17(3)30-32-23(15)29-21)7-9-20(28-22)26-12-10-16(2)24/h5-10,12,24,27,30H,3-4,11,13-14H2,1-2H3,(H,25,29)(H,26,28)/p+1/b12-10-,18-5+,24-16?. The number of hydrogen-bond donors (Lipinski definition) is 5. The van der Waals surface area contributed by atoms with Crippen LogP contribution in [0, 0.1) is 12.3 Å². The molecular formula is C23H29N8S+. The number of allylic oxidation sites excluding steroid dienone is 1. The summed E-state index contributed by atoms with van der Waals surface area (Å²) in [6.07, 6.45) is 6.81. The summed E-state index contributed by atoms with van der Waals surface area (Å²) in [4.78, 5) is 9.63. The Morgan fingerprint density at radius 3 is 3.00 bits per heavy atom. The van der Waals surface area contributed by atoms with Crippen LogP contribution in [-0.2, 0) is 0 Å². The molecule has 2 aliphatic rings. The van der Waals surface area contributed by atoms with Crippen molar-refractivity contribution in [1.29, 1.82) is 5.41 Å². The highest BCUT2D eigenvalue weighted by atomic mass is 32.2. The second kappa shape index (κ2) is 9.99. The normalized spacial score (nSPS) is 18.1. The molecule has 2 aromatic rings. The molecule has 4 rings (SSSR count). The quantitative estimate of drug-likeness (QED) is 0.279. The average molecular weight is 450 g/mol. The average Bonchev–Trinajstić information content (AvgIpc) is 3.24. The second-order valence-corrected chi connectivity index (χ2v) is 8.61. The SMILES string of the molecule is C=C1NSc2nc(ccc2C)NCC/C=C2\CNN(C2)c2nc([NH2+]/C=C\C(C)=N)ccc21. The first kappa shape index (κ1) is 22.1. The van der Waals surface area contributed by atoms with Crippen molar-refractivity contribution in [2.75, 3.05) is 30.0 Å². The van der Waals surface area contributed by atoms with Crippen LogP contribution in [0.5, 0.6) is 0 Å². The fourth-order valence-corrected chi connectivity index (χ4v) is 4.14. The van der Waals surface area contributed by atoms with Gasteiger partial charge in [0, 0.05) is 54.2 Å². The van der Waals surface area contributed by atoms with E-state index in [1.165, 1.54) is 17.5 Å². The molecule has 8 nitrogen and oxygen atoms in total. The van der Waals surface area contributed by atoms with Crippen molar-refractivity contribution < 1.29 is 5.32 Å². The Bertz CT molecular complexity index is 1090. The predicted octanol–water partition coefficient (Wildman–Crippen LogP) is 2.87. The molecule has 2 aromatic heterocycles. The summed E-state index contributed by atoms with van der Waals surface area (Å²) in [6, 6.07) is 8.10. The van der Waals surface area contributed by atoms with Gasteiger partial charge in [0.25, 0.3) is 0 Å². The van der Waals surface area contributed by atoms with Gasteiger partial charge in [0.1, 0.15) is 17.0 Å². The summed E-state index contributed by atoms with van der Waals surface area (Å²) in [6.45, 7) is 10.5. The first-order chi connectivity index (χ1) is 15.5. The van der Waals surface area contributed by atoms with E-state index in [0.717, 1.165) is 65.4 Å². The molecule has 32 heavy (non-hydrogen) atoms. The first-order valence-corrected chi connectivity index (χ1v) is 11.4. The molecule has 0 unspecified atom stereocenters. The van der Waals surface area contributed by atoms with E-state index in [4.69, 9.17) is 15.4 Å². The maximum atomic E-state index is 7.56. The molecule has 0 spiro atoms. The zero-order valence-electron chi connectivity index (χ0n) is 18.4. The van der Waals surface area contributed by atoms with Crippen LogP contribution in [0.25, 0.3) is 5.70 Å². The van der Waals surface area contributed by atoms with Gasteiger partial charge >= 0.3 is 0 Å². The van der Waals surface area contributed by atoms with Crippen molar-refractivity contribution >= 4 is 40.8 Å². The smallest absolute Gasteiger partial charge is 0.230 e. The second-order valence-electron chi connectivity index (χ2n) is 7.82. The summed E-state index contributed by atoms with van der Waals surface area (Å²) >= 11 is 1.46. The summed E-state index contributed by atoms with van der Waals surface area (Å²) in [7, 11) is 0. The number of aromatic nitrogens is 2. The Balaban J connectivity index is 1.66. The van der Waals surface area contributed by atoms with Crippen molar-refractivity contribution in [2.45, 2.75) is 25.3 Å². The Morgan fingerprint density at radius 1 is 1.28 bits per heavy atom. The van der Waals surface area contributed by atoms with Gasteiger partial charge in [-0.1, -0.05) is 18.7 Å². The molecule has 2 aliphatic heterocycles. The van der Waals surface area contributed by atoms with E-state index in [-0.39, 0.29) is 0 Å². The number of pyridine rings is 2. The first-order valence-electron chi connectivity index (χ1n) is 10.6. The lowest BCUT2D eigenvalue weighted by Gasteiger charge is -2.21. The van der Waals surface area contributed by atoms with Crippen LogP contribution >= 0.6 is 11.9 Å². The number of nitrogens with two attached hydrogens (primary N) is 1. The number of hydrogen-bond acceptors (Lipinski definition) is 8. The molecule has 6 N–H and O–H groups in total. The van der Waals surface area contributed by atoms with Gasteiger partial charge in [-0.15, -0.1) is 0 Å². The highest BCUT2D eigenvalue weighted by molar-refractivity contribution is 7.97. The maximum Gasteiger partial charge on any atom is 0.230 e. The number of quaternary nitrogens is 1. The Morgan fingerprint density at radius 2 is 2.16 bits per heavy atom. The Labute approximate surface area is 192 Å². The summed E-state index contributed by atoms with van der Waals surface area (Å²) in [5, 5.41) is 15.9. The molecular weight excluding hydrogens is 420 g/mol. The van der Waals surface area contributed by atoms with Gasteiger partial charge in [-0.25, -0.2) is 10.4 Å². The molecule has 0 amide bonds. The minimum absolute atomic E-state index is 0.503. The lowest BCUT2D eigenvalue weighted by Crippen LogP contribution is -2.71. The van der Waals surface area contributed by atoms with Crippen molar-refractivity contribution in [3.63, 3.8) is 0 Å². The summed E-state index contributed by atoms with van der Waals surface area (Å²) < 4.78 is 3.36. The van der Waals surface area contributed by atoms with Crippen LogP contribution in [0.3, 0.4) is 0 Å². The van der Waals surface area contributed by atoms with E-state index in [9.17, 15) is 0 Å². The molecule has 4 heterocycles. The van der Waals surface area contributed by atoms with Crippen molar-refractivity contribution in [3.8, 4) is 0 Å². The lowest BCUT2D eigenvalue weighted by atomic mass is 10.2. The van der Waals surface area contributed by atoms with E-state index in [1.54, 1.807) is 13.0 Å². The zero-order chi connectivity index (χ0) is 22.5. The minimum atomic E-state index is 0.503. The molecule has 0 aliphatic carbocycles. The largest absolute Gasteiger partial charge is 0.370 e. The lowest BCUT2D eigenvalue weighted by molar-refractivity contribution is -0.500.